The van der Waals surface area contributed by atoms with Gasteiger partial charge in [-0.25, -0.2) is 0 Å². The van der Waals surface area contributed by atoms with E-state index in [1.165, 1.54) is 18.5 Å². The number of amides is 1. The van der Waals surface area contributed by atoms with E-state index in [4.69, 9.17) is 9.15 Å². The number of para-hydroxylation sites is 1. The lowest BCUT2D eigenvalue weighted by molar-refractivity contribution is -0.386. The van der Waals surface area contributed by atoms with E-state index < -0.39 is 29.4 Å². The second-order valence-electron chi connectivity index (χ2n) is 6.57. The standard InChI is InChI=1S/C19H20N4O6/c1-11(16-8-14-6-4-5-7-15(14)29-16)20-17(24)10-28-18(25)9-22-13(3)19(23(26)27)12(2)21-22/h4-8,11H,9-10H2,1-3H3,(H,20,24)/t11-/m1/s1. The summed E-state index contributed by atoms with van der Waals surface area (Å²) in [6.07, 6.45) is 0. The predicted octanol–water partition coefficient (Wildman–Crippen LogP) is 2.57. The van der Waals surface area contributed by atoms with Crippen molar-refractivity contribution >= 4 is 28.5 Å². The van der Waals surface area contributed by atoms with Gasteiger partial charge in [0.2, 0.25) is 0 Å². The van der Waals surface area contributed by atoms with Crippen molar-refractivity contribution in [2.75, 3.05) is 6.61 Å². The molecule has 0 aliphatic carbocycles. The fourth-order valence-corrected chi connectivity index (χ4v) is 2.99. The van der Waals surface area contributed by atoms with Crippen molar-refractivity contribution < 1.29 is 23.7 Å². The van der Waals surface area contributed by atoms with E-state index in [2.05, 4.69) is 10.4 Å². The van der Waals surface area contributed by atoms with Gasteiger partial charge in [-0.1, -0.05) is 18.2 Å². The summed E-state index contributed by atoms with van der Waals surface area (Å²) in [6.45, 7) is 3.93. The molecule has 0 aliphatic heterocycles. The third-order valence-electron chi connectivity index (χ3n) is 4.42. The summed E-state index contributed by atoms with van der Waals surface area (Å²) >= 11 is 0. The zero-order valence-corrected chi connectivity index (χ0v) is 16.2. The van der Waals surface area contributed by atoms with Gasteiger partial charge in [-0.2, -0.15) is 5.10 Å². The summed E-state index contributed by atoms with van der Waals surface area (Å²) in [5.74, 6) is -0.636. The molecule has 0 fully saturated rings. The van der Waals surface area contributed by atoms with Crippen molar-refractivity contribution in [2.24, 2.45) is 0 Å². The normalized spacial score (nSPS) is 12.0. The Morgan fingerprint density at radius 1 is 1.34 bits per heavy atom. The highest BCUT2D eigenvalue weighted by Gasteiger charge is 2.23. The maximum Gasteiger partial charge on any atom is 0.328 e. The Kier molecular flexibility index (Phi) is 5.62. The van der Waals surface area contributed by atoms with E-state index in [0.29, 0.717) is 11.3 Å². The first kappa shape index (κ1) is 20.1. The zero-order valence-electron chi connectivity index (χ0n) is 16.2. The number of nitrogens with zero attached hydrogens (tertiary/aromatic N) is 3. The van der Waals surface area contributed by atoms with Crippen molar-refractivity contribution in [3.05, 3.63) is 57.6 Å². The Labute approximate surface area is 165 Å². The quantitative estimate of drug-likeness (QED) is 0.366. The van der Waals surface area contributed by atoms with Crippen LogP contribution in [0.3, 0.4) is 0 Å². The molecule has 0 saturated carbocycles. The molecule has 152 valence electrons. The lowest BCUT2D eigenvalue weighted by Gasteiger charge is -2.11. The number of fused-ring (bicyclic) bond motifs is 1. The van der Waals surface area contributed by atoms with E-state index >= 15 is 0 Å². The SMILES string of the molecule is Cc1nn(CC(=O)OCC(=O)N[C@H](C)c2cc3ccccc3o2)c(C)c1[N+](=O)[O-]. The molecular weight excluding hydrogens is 380 g/mol. The number of carbonyl (C=O) groups excluding carboxylic acids is 2. The summed E-state index contributed by atoms with van der Waals surface area (Å²) in [5, 5.41) is 18.6. The first-order chi connectivity index (χ1) is 13.8. The minimum atomic E-state index is -0.725. The van der Waals surface area contributed by atoms with Gasteiger partial charge in [-0.3, -0.25) is 24.4 Å². The first-order valence-corrected chi connectivity index (χ1v) is 8.88. The van der Waals surface area contributed by atoms with Gasteiger partial charge < -0.3 is 14.5 Å². The number of hydrogen-bond acceptors (Lipinski definition) is 7. The number of nitro groups is 1. The van der Waals surface area contributed by atoms with Gasteiger partial charge in [0.1, 0.15) is 29.3 Å². The molecule has 1 amide bonds. The molecule has 3 rings (SSSR count). The molecule has 2 heterocycles. The third kappa shape index (κ3) is 4.42. The zero-order chi connectivity index (χ0) is 21.1. The number of benzene rings is 1. The Morgan fingerprint density at radius 2 is 2.07 bits per heavy atom. The molecule has 2 aromatic heterocycles. The highest BCUT2D eigenvalue weighted by molar-refractivity contribution is 5.81. The summed E-state index contributed by atoms with van der Waals surface area (Å²) in [4.78, 5) is 34.5. The largest absolute Gasteiger partial charge is 0.459 e. The molecule has 0 radical (unpaired) electrons. The second kappa shape index (κ2) is 8.13. The number of furan rings is 1. The van der Waals surface area contributed by atoms with Crippen molar-refractivity contribution in [2.45, 2.75) is 33.4 Å². The van der Waals surface area contributed by atoms with Crippen LogP contribution in [0, 0.1) is 24.0 Å². The summed E-state index contributed by atoms with van der Waals surface area (Å²) in [7, 11) is 0. The Bertz CT molecular complexity index is 1050. The summed E-state index contributed by atoms with van der Waals surface area (Å²) < 4.78 is 11.8. The van der Waals surface area contributed by atoms with Gasteiger partial charge in [0.15, 0.2) is 6.61 Å². The minimum absolute atomic E-state index is 0.143. The van der Waals surface area contributed by atoms with Crippen LogP contribution in [0.4, 0.5) is 5.69 Å². The summed E-state index contributed by atoms with van der Waals surface area (Å²) in [5.41, 5.74) is 1.02. The van der Waals surface area contributed by atoms with E-state index in [1.807, 2.05) is 30.3 Å². The smallest absolute Gasteiger partial charge is 0.328 e. The fraction of sp³-hybridized carbons (Fsp3) is 0.316. The van der Waals surface area contributed by atoms with Gasteiger partial charge in [-0.15, -0.1) is 0 Å². The topological polar surface area (TPSA) is 130 Å². The molecule has 0 saturated heterocycles. The Hall–Kier alpha value is -3.69. The number of rotatable bonds is 7. The van der Waals surface area contributed by atoms with Crippen LogP contribution < -0.4 is 5.32 Å². The molecule has 0 unspecified atom stereocenters. The minimum Gasteiger partial charge on any atom is -0.459 e. The maximum absolute atomic E-state index is 12.1. The predicted molar refractivity (Wildman–Crippen MR) is 102 cm³/mol. The molecular formula is C19H20N4O6. The van der Waals surface area contributed by atoms with E-state index in [1.54, 1.807) is 6.92 Å². The second-order valence-corrected chi connectivity index (χ2v) is 6.57. The number of ether oxygens (including phenoxy) is 1. The lowest BCUT2D eigenvalue weighted by Crippen LogP contribution is -2.31. The monoisotopic (exact) mass is 400 g/mol. The van der Waals surface area contributed by atoms with Gasteiger partial charge >= 0.3 is 11.7 Å². The molecule has 1 N–H and O–H groups in total. The van der Waals surface area contributed by atoms with Crippen LogP contribution in [0.15, 0.2) is 34.7 Å². The number of aromatic nitrogens is 2. The third-order valence-corrected chi connectivity index (χ3v) is 4.42. The fourth-order valence-electron chi connectivity index (χ4n) is 2.99. The lowest BCUT2D eigenvalue weighted by atomic mass is 10.2. The van der Waals surface area contributed by atoms with E-state index in [-0.39, 0.29) is 23.6 Å². The van der Waals surface area contributed by atoms with Crippen LogP contribution in [-0.2, 0) is 20.9 Å². The van der Waals surface area contributed by atoms with E-state index in [9.17, 15) is 19.7 Å². The Balaban J connectivity index is 1.53. The van der Waals surface area contributed by atoms with Crippen molar-refractivity contribution in [3.8, 4) is 0 Å². The molecule has 3 aromatic rings. The molecule has 1 aromatic carbocycles. The van der Waals surface area contributed by atoms with Crippen LogP contribution in [0.5, 0.6) is 0 Å². The number of aryl methyl sites for hydroxylation is 1. The molecule has 10 nitrogen and oxygen atoms in total. The number of carbonyl (C=O) groups is 2. The van der Waals surface area contributed by atoms with Crippen LogP contribution in [0.1, 0.15) is 30.1 Å². The molecule has 10 heteroatoms. The van der Waals surface area contributed by atoms with Crippen LogP contribution in [0.2, 0.25) is 0 Å². The number of esters is 1. The van der Waals surface area contributed by atoms with Crippen LogP contribution in [-0.4, -0.2) is 33.2 Å². The Morgan fingerprint density at radius 3 is 2.72 bits per heavy atom. The van der Waals surface area contributed by atoms with Gasteiger partial charge in [-0.05, 0) is 32.9 Å². The summed E-state index contributed by atoms with van der Waals surface area (Å²) in [6, 6.07) is 8.91. The molecule has 0 spiro atoms. The molecule has 0 aliphatic rings. The van der Waals surface area contributed by atoms with Gasteiger partial charge in [0, 0.05) is 5.39 Å². The molecule has 29 heavy (non-hydrogen) atoms. The average Bonchev–Trinajstić information content (AvgIpc) is 3.21. The van der Waals surface area contributed by atoms with Crippen molar-refractivity contribution in [3.63, 3.8) is 0 Å². The average molecular weight is 400 g/mol. The van der Waals surface area contributed by atoms with Crippen molar-refractivity contribution in [1.29, 1.82) is 0 Å². The van der Waals surface area contributed by atoms with Crippen LogP contribution >= 0.6 is 0 Å². The maximum atomic E-state index is 12.1. The van der Waals surface area contributed by atoms with Crippen LogP contribution in [0.25, 0.3) is 11.0 Å². The highest BCUT2D eigenvalue weighted by atomic mass is 16.6. The number of hydrogen-bond donors (Lipinski definition) is 1. The first-order valence-electron chi connectivity index (χ1n) is 8.88. The van der Waals surface area contributed by atoms with E-state index in [0.717, 1.165) is 5.39 Å². The van der Waals surface area contributed by atoms with Gasteiger partial charge in [0.05, 0.1) is 11.0 Å². The molecule has 0 bridgehead atoms. The number of nitrogens with one attached hydrogen (secondary N) is 1. The highest BCUT2D eigenvalue weighted by Crippen LogP contribution is 2.23. The van der Waals surface area contributed by atoms with Gasteiger partial charge in [0.25, 0.3) is 5.91 Å². The van der Waals surface area contributed by atoms with Crippen molar-refractivity contribution in [1.82, 2.24) is 15.1 Å². The molecule has 1 atom stereocenters.